The first kappa shape index (κ1) is 39.1. The highest BCUT2D eigenvalue weighted by Gasteiger charge is 2.95. The van der Waals surface area contributed by atoms with Crippen LogP contribution in [0.4, 0.5) is 85.1 Å². The second-order valence-corrected chi connectivity index (χ2v) is 9.88. The second-order valence-electron chi connectivity index (χ2n) is 9.88. The van der Waals surface area contributed by atoms with Gasteiger partial charge in [0.25, 0.3) is 0 Å². The summed E-state index contributed by atoms with van der Waals surface area (Å²) in [6.45, 7) is 2.55. The number of nitrogens with zero attached hydrogens (tertiary/aromatic N) is 1. The number of alkyl halides is 17. The molecule has 0 saturated carbocycles. The topological polar surface area (TPSA) is 59.0 Å². The van der Waals surface area contributed by atoms with Crippen LogP contribution in [0.5, 0.6) is 5.75 Å². The maximum Gasteiger partial charge on any atom is 0.460 e. The lowest BCUT2D eigenvalue weighted by Gasteiger charge is -2.42. The molecule has 0 aliphatic heterocycles. The monoisotopic (exact) mass is 685 g/mol. The van der Waals surface area contributed by atoms with Crippen molar-refractivity contribution in [2.75, 3.05) is 11.7 Å². The number of phenols is 1. The molecule has 0 aliphatic rings. The minimum absolute atomic E-state index is 0.119. The van der Waals surface area contributed by atoms with Gasteiger partial charge < -0.3 is 9.84 Å². The molecule has 0 fully saturated rings. The Morgan fingerprint density at radius 3 is 1.55 bits per heavy atom. The summed E-state index contributed by atoms with van der Waals surface area (Å²) in [5, 5.41) is 9.65. The molecule has 0 aromatic heterocycles. The molecule has 22 heteroatoms. The van der Waals surface area contributed by atoms with Gasteiger partial charge in [-0.15, -0.1) is 0 Å². The van der Waals surface area contributed by atoms with Crippen LogP contribution in [0, 0.1) is 0 Å². The molecule has 1 rings (SSSR count). The number of benzene rings is 1. The van der Waals surface area contributed by atoms with E-state index in [0.29, 0.717) is 0 Å². The summed E-state index contributed by atoms with van der Waals surface area (Å²) in [5.41, 5.74) is -1.69. The third-order valence-electron chi connectivity index (χ3n) is 5.27. The highest BCUT2D eigenvalue weighted by atomic mass is 19.4. The molecule has 256 valence electrons. The third-order valence-corrected chi connectivity index (χ3v) is 5.27. The number of hydrogen-bond donors (Lipinski definition) is 1. The zero-order valence-electron chi connectivity index (χ0n) is 22.0. The summed E-state index contributed by atoms with van der Waals surface area (Å²) in [5.74, 6) is -57.5. The summed E-state index contributed by atoms with van der Waals surface area (Å²) in [7, 11) is 0. The SMILES string of the molecule is CC(C)(C)OC(=O)N(OCCCC(F)(F)C(F)(F)C(F)(F)C(F)(F)C(F)(F)C(F)(F)C(F)(F)C(F)(F)F)c1cccc(O)c1. The maximum absolute atomic E-state index is 14.1. The van der Waals surface area contributed by atoms with E-state index in [1.807, 2.05) is 0 Å². The number of hydrogen-bond acceptors (Lipinski definition) is 4. The van der Waals surface area contributed by atoms with Gasteiger partial charge in [-0.3, -0.25) is 4.84 Å². The van der Waals surface area contributed by atoms with Gasteiger partial charge in [-0.25, -0.2) is 4.79 Å². The molecule has 44 heavy (non-hydrogen) atoms. The molecule has 5 nitrogen and oxygen atoms in total. The van der Waals surface area contributed by atoms with Gasteiger partial charge in [0, 0.05) is 12.5 Å². The standard InChI is InChI=1S/C22H20F17NO4/c1-14(2,3)44-13(42)40(11-6-4-7-12(41)10-11)43-9-5-8-15(23,24)16(25,26)17(27,28)18(29,30)19(31,32)20(33,34)21(35,36)22(37,38)39/h4,6-7,10,41H,5,8-9H2,1-3H3. The fourth-order valence-electron chi connectivity index (χ4n) is 2.96. The van der Waals surface area contributed by atoms with E-state index in [1.165, 1.54) is 20.8 Å². The first-order valence-corrected chi connectivity index (χ1v) is 11.4. The predicted octanol–water partition coefficient (Wildman–Crippen LogP) is 8.85. The molecule has 1 N–H and O–H groups in total. The Labute approximate surface area is 235 Å². The smallest absolute Gasteiger partial charge is 0.460 e. The number of amides is 1. The Kier molecular flexibility index (Phi) is 10.5. The molecule has 0 spiro atoms. The highest BCUT2D eigenvalue weighted by molar-refractivity contribution is 5.85. The lowest BCUT2D eigenvalue weighted by molar-refractivity contribution is -0.461. The molecule has 0 saturated heterocycles. The van der Waals surface area contributed by atoms with E-state index in [4.69, 9.17) is 9.57 Å². The minimum atomic E-state index is -8.71. The molecule has 0 heterocycles. The van der Waals surface area contributed by atoms with Crippen molar-refractivity contribution in [1.29, 1.82) is 0 Å². The van der Waals surface area contributed by atoms with Gasteiger partial charge in [0.1, 0.15) is 11.4 Å². The number of rotatable bonds is 12. The van der Waals surface area contributed by atoms with Crippen molar-refractivity contribution in [3.05, 3.63) is 24.3 Å². The van der Waals surface area contributed by atoms with Crippen LogP contribution in [0.2, 0.25) is 0 Å². The van der Waals surface area contributed by atoms with Gasteiger partial charge in [0.2, 0.25) is 0 Å². The Morgan fingerprint density at radius 2 is 1.14 bits per heavy atom. The van der Waals surface area contributed by atoms with Crippen molar-refractivity contribution in [2.45, 2.75) is 86.8 Å². The van der Waals surface area contributed by atoms with Gasteiger partial charge in [0.05, 0.1) is 12.3 Å². The van der Waals surface area contributed by atoms with E-state index in [9.17, 15) is 84.5 Å². The largest absolute Gasteiger partial charge is 0.508 e. The summed E-state index contributed by atoms with van der Waals surface area (Å²) in [4.78, 5) is 17.1. The maximum atomic E-state index is 14.1. The Hall–Kier alpha value is -2.94. The molecule has 0 atom stereocenters. The highest BCUT2D eigenvalue weighted by Crippen LogP contribution is 2.64. The number of ether oxygens (including phenoxy) is 1. The van der Waals surface area contributed by atoms with E-state index < -0.39 is 90.2 Å². The summed E-state index contributed by atoms with van der Waals surface area (Å²) in [6.07, 6.45) is -13.7. The number of carbonyl (C=O) groups is 1. The third kappa shape index (κ3) is 6.82. The van der Waals surface area contributed by atoms with Gasteiger partial charge >= 0.3 is 53.7 Å². The zero-order chi connectivity index (χ0) is 35.2. The number of halogens is 17. The van der Waals surface area contributed by atoms with E-state index in [-0.39, 0.29) is 5.06 Å². The number of aromatic hydroxyl groups is 1. The molecule has 0 aliphatic carbocycles. The van der Waals surface area contributed by atoms with Crippen LogP contribution in [0.3, 0.4) is 0 Å². The molecule has 1 aromatic carbocycles. The van der Waals surface area contributed by atoms with Crippen LogP contribution >= 0.6 is 0 Å². The number of hydroxylamine groups is 1. The van der Waals surface area contributed by atoms with Crippen LogP contribution in [0.1, 0.15) is 33.6 Å². The molecule has 1 aromatic rings. The van der Waals surface area contributed by atoms with E-state index in [1.54, 1.807) is 0 Å². The Balaban J connectivity index is 3.29. The van der Waals surface area contributed by atoms with E-state index in [0.717, 1.165) is 24.3 Å². The van der Waals surface area contributed by atoms with Crippen molar-refractivity contribution in [3.8, 4) is 5.75 Å². The minimum Gasteiger partial charge on any atom is -0.508 e. The van der Waals surface area contributed by atoms with Crippen LogP contribution in [-0.4, -0.2) is 71.0 Å². The number of carbonyl (C=O) groups excluding carboxylic acids is 1. The van der Waals surface area contributed by atoms with Crippen LogP contribution < -0.4 is 5.06 Å². The van der Waals surface area contributed by atoms with E-state index >= 15 is 0 Å². The van der Waals surface area contributed by atoms with Gasteiger partial charge in [-0.2, -0.15) is 79.7 Å². The van der Waals surface area contributed by atoms with Gasteiger partial charge in [-0.05, 0) is 39.3 Å². The average molecular weight is 685 g/mol. The summed E-state index contributed by atoms with van der Waals surface area (Å²) in [6, 6.07) is 3.96. The van der Waals surface area contributed by atoms with Crippen molar-refractivity contribution >= 4 is 11.8 Å². The Bertz CT molecular complexity index is 1160. The summed E-state index contributed by atoms with van der Waals surface area (Å²) >= 11 is 0. The Morgan fingerprint density at radius 1 is 0.705 bits per heavy atom. The van der Waals surface area contributed by atoms with E-state index in [2.05, 4.69) is 0 Å². The summed E-state index contributed by atoms with van der Waals surface area (Å²) < 4.78 is 232. The molecule has 0 bridgehead atoms. The lowest BCUT2D eigenvalue weighted by Crippen LogP contribution is -2.74. The van der Waals surface area contributed by atoms with Crippen LogP contribution in [0.15, 0.2) is 24.3 Å². The second kappa shape index (κ2) is 11.8. The van der Waals surface area contributed by atoms with Crippen molar-refractivity contribution in [3.63, 3.8) is 0 Å². The number of anilines is 1. The fraction of sp³-hybridized carbons (Fsp3) is 0.682. The first-order chi connectivity index (χ1) is 19.2. The quantitative estimate of drug-likeness (QED) is 0.136. The van der Waals surface area contributed by atoms with Crippen molar-refractivity contribution in [2.24, 2.45) is 0 Å². The average Bonchev–Trinajstić information content (AvgIpc) is 2.81. The predicted molar refractivity (Wildman–Crippen MR) is 113 cm³/mol. The molecular weight excluding hydrogens is 665 g/mol. The fourth-order valence-corrected chi connectivity index (χ4v) is 2.96. The first-order valence-electron chi connectivity index (χ1n) is 11.4. The van der Waals surface area contributed by atoms with Gasteiger partial charge in [-0.1, -0.05) is 6.07 Å². The molecule has 0 unspecified atom stereocenters. The molecule has 0 radical (unpaired) electrons. The van der Waals surface area contributed by atoms with Gasteiger partial charge in [0.15, 0.2) is 0 Å². The molecule has 1 amide bonds. The van der Waals surface area contributed by atoms with Crippen molar-refractivity contribution < 1.29 is 94.1 Å². The molecular formula is C22H20F17NO4. The lowest BCUT2D eigenvalue weighted by atomic mass is 9.88. The van der Waals surface area contributed by atoms with Crippen LogP contribution in [-0.2, 0) is 9.57 Å². The normalized spacial score (nSPS) is 14.9. The number of phenolic OH excluding ortho intramolecular Hbond substituents is 1. The van der Waals surface area contributed by atoms with Crippen LogP contribution in [0.25, 0.3) is 0 Å². The zero-order valence-corrected chi connectivity index (χ0v) is 22.0. The van der Waals surface area contributed by atoms with Crippen molar-refractivity contribution in [1.82, 2.24) is 0 Å².